The molecule has 0 aromatic heterocycles. The molecule has 0 aliphatic rings. The molecule has 1 unspecified atom stereocenters. The number of halogens is 2. The first-order chi connectivity index (χ1) is 8.54. The van der Waals surface area contributed by atoms with Crippen molar-refractivity contribution in [1.29, 1.82) is 0 Å². The number of benzene rings is 1. The summed E-state index contributed by atoms with van der Waals surface area (Å²) in [6, 6.07) is 7.73. The lowest BCUT2D eigenvalue weighted by molar-refractivity contribution is -0.131. The number of nitrogens with two attached hydrogens (primary N) is 1. The van der Waals surface area contributed by atoms with Gasteiger partial charge in [0.2, 0.25) is 5.91 Å². The van der Waals surface area contributed by atoms with Gasteiger partial charge in [-0.2, -0.15) is 0 Å². The van der Waals surface area contributed by atoms with Crippen molar-refractivity contribution in [2.75, 3.05) is 19.3 Å². The van der Waals surface area contributed by atoms with Gasteiger partial charge in [0.15, 0.2) is 0 Å². The number of carbonyl (C=O) groups is 1. The van der Waals surface area contributed by atoms with Crippen LogP contribution in [0.1, 0.15) is 13.3 Å². The monoisotopic (exact) mass is 322 g/mol. The molecule has 108 valence electrons. The quantitative estimate of drug-likeness (QED) is 0.819. The number of nitrogens with zero attached hydrogens (tertiary/aromatic N) is 1. The zero-order valence-corrected chi connectivity index (χ0v) is 13.5. The molecule has 1 aromatic rings. The topological polar surface area (TPSA) is 46.3 Å². The largest absolute Gasteiger partial charge is 0.342 e. The fourth-order valence-corrected chi connectivity index (χ4v) is 2.33. The summed E-state index contributed by atoms with van der Waals surface area (Å²) in [6.45, 7) is 2.44. The Morgan fingerprint density at radius 1 is 1.42 bits per heavy atom. The summed E-state index contributed by atoms with van der Waals surface area (Å²) >= 11 is 7.46. The van der Waals surface area contributed by atoms with Crippen LogP contribution in [0.15, 0.2) is 29.2 Å². The van der Waals surface area contributed by atoms with Gasteiger partial charge in [0.25, 0.3) is 0 Å². The van der Waals surface area contributed by atoms with Gasteiger partial charge in [0.05, 0.1) is 0 Å². The van der Waals surface area contributed by atoms with E-state index in [9.17, 15) is 4.79 Å². The number of hydrogen-bond donors (Lipinski definition) is 1. The van der Waals surface area contributed by atoms with Crippen LogP contribution < -0.4 is 5.73 Å². The minimum atomic E-state index is 0. The third kappa shape index (κ3) is 6.52. The van der Waals surface area contributed by atoms with Gasteiger partial charge in [-0.1, -0.05) is 11.6 Å². The first-order valence-electron chi connectivity index (χ1n) is 5.88. The van der Waals surface area contributed by atoms with Crippen molar-refractivity contribution in [3.8, 4) is 0 Å². The van der Waals surface area contributed by atoms with Gasteiger partial charge >= 0.3 is 0 Å². The Bertz CT molecular complexity index is 387. The van der Waals surface area contributed by atoms with Crippen LogP contribution in [-0.2, 0) is 4.79 Å². The zero-order chi connectivity index (χ0) is 13.5. The van der Waals surface area contributed by atoms with E-state index in [1.54, 1.807) is 23.7 Å². The standard InChI is InChI=1S/C13H19ClN2OS.ClH/c1-10(9-15)16(2)13(17)7-8-18-12-5-3-11(14)4-6-12;/h3-6,10H,7-9,15H2,1-2H3;1H. The maximum Gasteiger partial charge on any atom is 0.223 e. The Morgan fingerprint density at radius 2 is 2.00 bits per heavy atom. The molecule has 0 spiro atoms. The van der Waals surface area contributed by atoms with Gasteiger partial charge in [0.1, 0.15) is 0 Å². The highest BCUT2D eigenvalue weighted by Gasteiger charge is 2.13. The van der Waals surface area contributed by atoms with Crippen molar-refractivity contribution >= 4 is 41.7 Å². The molecule has 0 aliphatic heterocycles. The first kappa shape index (κ1) is 18.6. The van der Waals surface area contributed by atoms with Crippen LogP contribution in [0.5, 0.6) is 0 Å². The van der Waals surface area contributed by atoms with E-state index in [1.165, 1.54) is 0 Å². The van der Waals surface area contributed by atoms with Crippen LogP contribution in [-0.4, -0.2) is 36.2 Å². The Balaban J connectivity index is 0.00000324. The lowest BCUT2D eigenvalue weighted by Crippen LogP contribution is -2.39. The van der Waals surface area contributed by atoms with Crippen LogP contribution in [0, 0.1) is 0 Å². The Labute approximate surface area is 130 Å². The second-order valence-corrected chi connectivity index (χ2v) is 5.75. The molecule has 3 nitrogen and oxygen atoms in total. The van der Waals surface area contributed by atoms with Crippen LogP contribution in [0.2, 0.25) is 5.02 Å². The van der Waals surface area contributed by atoms with Gasteiger partial charge in [-0.25, -0.2) is 0 Å². The molecule has 0 saturated carbocycles. The molecule has 0 radical (unpaired) electrons. The van der Waals surface area contributed by atoms with E-state index in [1.807, 2.05) is 31.2 Å². The molecule has 1 aromatic carbocycles. The van der Waals surface area contributed by atoms with Gasteiger partial charge in [-0.3, -0.25) is 4.79 Å². The summed E-state index contributed by atoms with van der Waals surface area (Å²) < 4.78 is 0. The summed E-state index contributed by atoms with van der Waals surface area (Å²) in [5.41, 5.74) is 5.53. The number of hydrogen-bond acceptors (Lipinski definition) is 3. The molecule has 1 amide bonds. The summed E-state index contributed by atoms with van der Waals surface area (Å²) in [5.74, 6) is 0.900. The highest BCUT2D eigenvalue weighted by atomic mass is 35.5. The molecule has 0 heterocycles. The fourth-order valence-electron chi connectivity index (χ4n) is 1.37. The number of carbonyl (C=O) groups excluding carboxylic acids is 1. The van der Waals surface area contributed by atoms with Crippen LogP contribution in [0.25, 0.3) is 0 Å². The predicted octanol–water partition coefficient (Wildman–Crippen LogP) is 3.05. The first-order valence-corrected chi connectivity index (χ1v) is 7.25. The second-order valence-electron chi connectivity index (χ2n) is 4.14. The van der Waals surface area contributed by atoms with E-state index in [0.717, 1.165) is 15.7 Å². The number of amides is 1. The zero-order valence-electron chi connectivity index (χ0n) is 11.1. The van der Waals surface area contributed by atoms with E-state index in [2.05, 4.69) is 0 Å². The molecule has 19 heavy (non-hydrogen) atoms. The summed E-state index contributed by atoms with van der Waals surface area (Å²) in [5, 5.41) is 0.729. The molecular formula is C13H20Cl2N2OS. The van der Waals surface area contributed by atoms with E-state index >= 15 is 0 Å². The molecule has 0 saturated heterocycles. The lowest BCUT2D eigenvalue weighted by atomic mass is 10.3. The minimum Gasteiger partial charge on any atom is -0.342 e. The highest BCUT2D eigenvalue weighted by molar-refractivity contribution is 7.99. The maximum atomic E-state index is 11.8. The third-order valence-electron chi connectivity index (χ3n) is 2.79. The molecule has 2 N–H and O–H groups in total. The molecule has 0 bridgehead atoms. The highest BCUT2D eigenvalue weighted by Crippen LogP contribution is 2.21. The van der Waals surface area contributed by atoms with Crippen LogP contribution in [0.4, 0.5) is 0 Å². The average Bonchev–Trinajstić information content (AvgIpc) is 2.39. The van der Waals surface area contributed by atoms with E-state index in [-0.39, 0.29) is 24.4 Å². The predicted molar refractivity (Wildman–Crippen MR) is 85.3 cm³/mol. The van der Waals surface area contributed by atoms with Crippen LogP contribution in [0.3, 0.4) is 0 Å². The Kier molecular flexibility index (Phi) is 9.27. The molecule has 1 rings (SSSR count). The van der Waals surface area contributed by atoms with E-state index in [4.69, 9.17) is 17.3 Å². The Hall–Kier alpha value is -0.420. The van der Waals surface area contributed by atoms with Crippen molar-refractivity contribution in [3.05, 3.63) is 29.3 Å². The second kappa shape index (κ2) is 9.48. The van der Waals surface area contributed by atoms with Crippen molar-refractivity contribution in [2.24, 2.45) is 5.73 Å². The molecule has 1 atom stereocenters. The van der Waals surface area contributed by atoms with Crippen molar-refractivity contribution in [1.82, 2.24) is 4.90 Å². The summed E-state index contributed by atoms with van der Waals surface area (Å²) in [6.07, 6.45) is 0.522. The molecule has 0 fully saturated rings. The van der Waals surface area contributed by atoms with Gasteiger partial charge in [0, 0.05) is 41.7 Å². The summed E-state index contributed by atoms with van der Waals surface area (Å²) in [4.78, 5) is 14.7. The third-order valence-corrected chi connectivity index (χ3v) is 4.06. The van der Waals surface area contributed by atoms with Gasteiger partial charge in [-0.15, -0.1) is 24.2 Å². The van der Waals surface area contributed by atoms with Gasteiger partial charge < -0.3 is 10.6 Å². The number of thioether (sulfide) groups is 1. The smallest absolute Gasteiger partial charge is 0.223 e. The van der Waals surface area contributed by atoms with E-state index in [0.29, 0.717) is 13.0 Å². The molecular weight excluding hydrogens is 303 g/mol. The van der Waals surface area contributed by atoms with E-state index < -0.39 is 0 Å². The van der Waals surface area contributed by atoms with Crippen molar-refractivity contribution in [2.45, 2.75) is 24.3 Å². The van der Waals surface area contributed by atoms with Crippen LogP contribution >= 0.6 is 35.8 Å². The molecule has 0 aliphatic carbocycles. The SMILES string of the molecule is CC(CN)N(C)C(=O)CCSc1ccc(Cl)cc1.Cl. The summed E-state index contributed by atoms with van der Waals surface area (Å²) in [7, 11) is 1.80. The maximum absolute atomic E-state index is 11.8. The normalized spacial score (nSPS) is 11.6. The number of likely N-dealkylation sites (N-methyl/N-ethyl adjacent to an activating group) is 1. The molecule has 6 heteroatoms. The lowest BCUT2D eigenvalue weighted by Gasteiger charge is -2.23. The van der Waals surface area contributed by atoms with Crippen molar-refractivity contribution < 1.29 is 4.79 Å². The average molecular weight is 323 g/mol. The Morgan fingerprint density at radius 3 is 2.53 bits per heavy atom. The van der Waals surface area contributed by atoms with Gasteiger partial charge in [-0.05, 0) is 31.2 Å². The van der Waals surface area contributed by atoms with Crippen molar-refractivity contribution in [3.63, 3.8) is 0 Å². The number of rotatable bonds is 6. The minimum absolute atomic E-state index is 0. The fraction of sp³-hybridized carbons (Fsp3) is 0.462.